The summed E-state index contributed by atoms with van der Waals surface area (Å²) in [6.07, 6.45) is 1.83. The van der Waals surface area contributed by atoms with E-state index in [-0.39, 0.29) is 30.2 Å². The molecule has 4 nitrogen and oxygen atoms in total. The monoisotopic (exact) mass is 301 g/mol. The smallest absolute Gasteiger partial charge is 0.236 e. The quantitative estimate of drug-likeness (QED) is 0.893. The molecule has 1 saturated heterocycles. The number of halogens is 2. The van der Waals surface area contributed by atoms with Crippen molar-refractivity contribution in [1.82, 2.24) is 5.32 Å². The summed E-state index contributed by atoms with van der Waals surface area (Å²) < 4.78 is 13.7. The van der Waals surface area contributed by atoms with Gasteiger partial charge in [0.05, 0.1) is 11.7 Å². The van der Waals surface area contributed by atoms with E-state index in [2.05, 4.69) is 5.32 Å². The fourth-order valence-electron chi connectivity index (χ4n) is 2.35. The highest BCUT2D eigenvalue weighted by Crippen LogP contribution is 2.22. The van der Waals surface area contributed by atoms with E-state index in [1.807, 2.05) is 11.0 Å². The second kappa shape index (κ2) is 7.45. The second-order valence-corrected chi connectivity index (χ2v) is 5.03. The summed E-state index contributed by atoms with van der Waals surface area (Å²) in [7, 11) is 0. The van der Waals surface area contributed by atoms with Gasteiger partial charge in [-0.3, -0.25) is 4.79 Å². The number of nitrogens with zero attached hydrogens (tertiary/aromatic N) is 1. The largest absolute Gasteiger partial charge is 0.367 e. The summed E-state index contributed by atoms with van der Waals surface area (Å²) in [5, 5.41) is 2.91. The zero-order chi connectivity index (χ0) is 13.8. The molecule has 20 heavy (non-hydrogen) atoms. The molecule has 0 spiro atoms. The van der Waals surface area contributed by atoms with Gasteiger partial charge in [-0.05, 0) is 31.9 Å². The fraction of sp³-hybridized carbons (Fsp3) is 0.500. The number of nitrogens with one attached hydrogen (secondary N) is 1. The number of anilines is 1. The average molecular weight is 302 g/mol. The van der Waals surface area contributed by atoms with E-state index in [1.165, 1.54) is 6.07 Å². The Morgan fingerprint density at radius 3 is 2.85 bits per heavy atom. The van der Waals surface area contributed by atoms with Crippen molar-refractivity contribution < 1.29 is 9.18 Å². The molecule has 2 atom stereocenters. The second-order valence-electron chi connectivity index (χ2n) is 5.03. The van der Waals surface area contributed by atoms with E-state index >= 15 is 0 Å². The van der Waals surface area contributed by atoms with E-state index in [1.54, 1.807) is 19.1 Å². The van der Waals surface area contributed by atoms with Gasteiger partial charge in [-0.25, -0.2) is 4.39 Å². The molecule has 1 heterocycles. The topological polar surface area (TPSA) is 58.4 Å². The maximum absolute atomic E-state index is 13.7. The molecule has 0 aliphatic carbocycles. The number of hydrogen-bond donors (Lipinski definition) is 2. The lowest BCUT2D eigenvalue weighted by molar-refractivity contribution is -0.122. The number of benzene rings is 1. The summed E-state index contributed by atoms with van der Waals surface area (Å²) >= 11 is 0. The van der Waals surface area contributed by atoms with Gasteiger partial charge in [0.2, 0.25) is 5.91 Å². The Hall–Kier alpha value is -1.33. The Morgan fingerprint density at radius 2 is 2.20 bits per heavy atom. The summed E-state index contributed by atoms with van der Waals surface area (Å²) in [4.78, 5) is 13.6. The zero-order valence-electron chi connectivity index (χ0n) is 11.5. The van der Waals surface area contributed by atoms with Crippen LogP contribution in [0.5, 0.6) is 0 Å². The molecule has 3 N–H and O–H groups in total. The number of amides is 1. The first-order valence-corrected chi connectivity index (χ1v) is 6.63. The van der Waals surface area contributed by atoms with Gasteiger partial charge in [-0.15, -0.1) is 12.4 Å². The number of para-hydroxylation sites is 1. The molecule has 1 amide bonds. The van der Waals surface area contributed by atoms with Crippen LogP contribution in [0.3, 0.4) is 0 Å². The molecule has 0 bridgehead atoms. The first kappa shape index (κ1) is 16.7. The standard InChI is InChI=1S/C14H20FN3O.ClH/c1-10(16)14(19)17-11-5-4-8-18(9-11)13-7-3-2-6-12(13)15;/h2-3,6-7,10-11H,4-5,8-9,16H2,1H3,(H,17,19);1H/t10-,11?;/m1./s1. The van der Waals surface area contributed by atoms with Crippen LogP contribution in [0.1, 0.15) is 19.8 Å². The minimum absolute atomic E-state index is 0. The SMILES string of the molecule is C[C@@H](N)C(=O)NC1CCCN(c2ccccc2F)C1.Cl. The highest BCUT2D eigenvalue weighted by atomic mass is 35.5. The first-order valence-electron chi connectivity index (χ1n) is 6.63. The summed E-state index contributed by atoms with van der Waals surface area (Å²) in [6.45, 7) is 3.09. The highest BCUT2D eigenvalue weighted by molar-refractivity contribution is 5.85. The Morgan fingerprint density at radius 1 is 1.50 bits per heavy atom. The van der Waals surface area contributed by atoms with Crippen molar-refractivity contribution in [1.29, 1.82) is 0 Å². The summed E-state index contributed by atoms with van der Waals surface area (Å²) in [5.41, 5.74) is 6.14. The molecule has 2 rings (SSSR count). The number of carbonyl (C=O) groups is 1. The third kappa shape index (κ3) is 4.08. The molecule has 112 valence electrons. The Balaban J connectivity index is 0.00000200. The Bertz CT molecular complexity index is 456. The summed E-state index contributed by atoms with van der Waals surface area (Å²) in [5.74, 6) is -0.373. The van der Waals surface area contributed by atoms with Crippen LogP contribution < -0.4 is 16.0 Å². The maximum Gasteiger partial charge on any atom is 0.236 e. The minimum Gasteiger partial charge on any atom is -0.367 e. The van der Waals surface area contributed by atoms with Crippen LogP contribution in [-0.4, -0.2) is 31.1 Å². The van der Waals surface area contributed by atoms with Crippen molar-refractivity contribution in [3.05, 3.63) is 30.1 Å². The minimum atomic E-state index is -0.510. The van der Waals surface area contributed by atoms with Crippen molar-refractivity contribution in [2.45, 2.75) is 31.8 Å². The molecule has 0 aromatic heterocycles. The van der Waals surface area contributed by atoms with Crippen molar-refractivity contribution >= 4 is 24.0 Å². The molecule has 1 aliphatic rings. The van der Waals surface area contributed by atoms with Crippen LogP contribution in [0.4, 0.5) is 10.1 Å². The van der Waals surface area contributed by atoms with Gasteiger partial charge in [0.25, 0.3) is 0 Å². The number of piperidine rings is 1. The van der Waals surface area contributed by atoms with Crippen LogP contribution in [-0.2, 0) is 4.79 Å². The average Bonchev–Trinajstić information content (AvgIpc) is 2.39. The lowest BCUT2D eigenvalue weighted by atomic mass is 10.0. The van der Waals surface area contributed by atoms with Gasteiger partial charge in [0.15, 0.2) is 0 Å². The third-order valence-electron chi connectivity index (χ3n) is 3.37. The number of carbonyl (C=O) groups excluding carboxylic acids is 1. The van der Waals surface area contributed by atoms with Gasteiger partial charge >= 0.3 is 0 Å². The van der Waals surface area contributed by atoms with Crippen molar-refractivity contribution in [3.8, 4) is 0 Å². The Labute approximate surface area is 124 Å². The summed E-state index contributed by atoms with van der Waals surface area (Å²) in [6, 6.07) is 6.25. The van der Waals surface area contributed by atoms with Crippen LogP contribution in [0.25, 0.3) is 0 Å². The van der Waals surface area contributed by atoms with Gasteiger partial charge < -0.3 is 16.0 Å². The van der Waals surface area contributed by atoms with Gasteiger partial charge in [0.1, 0.15) is 5.82 Å². The normalized spacial score (nSPS) is 19.9. The van der Waals surface area contributed by atoms with Crippen LogP contribution in [0, 0.1) is 5.82 Å². The molecular formula is C14H21ClFN3O. The van der Waals surface area contributed by atoms with Gasteiger partial charge in [-0.2, -0.15) is 0 Å². The maximum atomic E-state index is 13.7. The van der Waals surface area contributed by atoms with Crippen molar-refractivity contribution in [2.24, 2.45) is 5.73 Å². The van der Waals surface area contributed by atoms with Gasteiger partial charge in [0, 0.05) is 19.1 Å². The molecule has 1 fully saturated rings. The molecule has 1 unspecified atom stereocenters. The zero-order valence-corrected chi connectivity index (χ0v) is 12.3. The predicted octanol–water partition coefficient (Wildman–Crippen LogP) is 1.68. The molecule has 0 radical (unpaired) electrons. The van der Waals surface area contributed by atoms with E-state index in [4.69, 9.17) is 5.73 Å². The van der Waals surface area contributed by atoms with Crippen LogP contribution >= 0.6 is 12.4 Å². The molecule has 0 saturated carbocycles. The van der Waals surface area contributed by atoms with E-state index in [9.17, 15) is 9.18 Å². The van der Waals surface area contributed by atoms with Crippen molar-refractivity contribution in [3.63, 3.8) is 0 Å². The molecule has 1 aromatic rings. The molecular weight excluding hydrogens is 281 g/mol. The molecule has 6 heteroatoms. The van der Waals surface area contributed by atoms with E-state index in [0.29, 0.717) is 12.2 Å². The number of hydrogen-bond acceptors (Lipinski definition) is 3. The van der Waals surface area contributed by atoms with E-state index < -0.39 is 6.04 Å². The van der Waals surface area contributed by atoms with Crippen molar-refractivity contribution in [2.75, 3.05) is 18.0 Å². The number of nitrogens with two attached hydrogens (primary N) is 1. The Kier molecular flexibility index (Phi) is 6.23. The fourth-order valence-corrected chi connectivity index (χ4v) is 2.35. The lowest BCUT2D eigenvalue weighted by Crippen LogP contribution is -2.51. The highest BCUT2D eigenvalue weighted by Gasteiger charge is 2.23. The number of rotatable bonds is 3. The van der Waals surface area contributed by atoms with Gasteiger partial charge in [-0.1, -0.05) is 12.1 Å². The molecule has 1 aliphatic heterocycles. The first-order chi connectivity index (χ1) is 9.08. The van der Waals surface area contributed by atoms with E-state index in [0.717, 1.165) is 19.4 Å². The third-order valence-corrected chi connectivity index (χ3v) is 3.37. The lowest BCUT2D eigenvalue weighted by Gasteiger charge is -2.35. The van der Waals surface area contributed by atoms with Crippen LogP contribution in [0.15, 0.2) is 24.3 Å². The van der Waals surface area contributed by atoms with Crippen LogP contribution in [0.2, 0.25) is 0 Å². The predicted molar refractivity (Wildman–Crippen MR) is 80.7 cm³/mol. The molecule has 1 aromatic carbocycles.